The fourth-order valence-electron chi connectivity index (χ4n) is 4.19. The second-order valence-corrected chi connectivity index (χ2v) is 10.2. The van der Waals surface area contributed by atoms with Crippen molar-refractivity contribution >= 4 is 27.3 Å². The van der Waals surface area contributed by atoms with E-state index in [1.807, 2.05) is 4.90 Å². The molecule has 3 aromatic rings. The molecular formula is C26H27F2N3O5S. The van der Waals surface area contributed by atoms with E-state index in [1.54, 1.807) is 18.2 Å². The van der Waals surface area contributed by atoms with Gasteiger partial charge in [0.05, 0.1) is 30.5 Å². The highest BCUT2D eigenvalue weighted by Gasteiger charge is 2.32. The van der Waals surface area contributed by atoms with Gasteiger partial charge in [0, 0.05) is 32.2 Å². The third-order valence-electron chi connectivity index (χ3n) is 6.17. The minimum atomic E-state index is -4.38. The van der Waals surface area contributed by atoms with Crippen LogP contribution in [0.3, 0.4) is 0 Å². The van der Waals surface area contributed by atoms with Crippen molar-refractivity contribution in [1.82, 2.24) is 4.90 Å². The Labute approximate surface area is 214 Å². The summed E-state index contributed by atoms with van der Waals surface area (Å²) in [7, 11) is -1.59. The zero-order chi connectivity index (χ0) is 26.6. The Kier molecular flexibility index (Phi) is 7.82. The predicted molar refractivity (Wildman–Crippen MR) is 136 cm³/mol. The van der Waals surface area contributed by atoms with Gasteiger partial charge in [0.25, 0.3) is 10.0 Å². The van der Waals surface area contributed by atoms with E-state index in [0.29, 0.717) is 24.5 Å². The molecule has 11 heteroatoms. The smallest absolute Gasteiger partial charge is 0.265 e. The van der Waals surface area contributed by atoms with Gasteiger partial charge in [-0.05, 0) is 36.4 Å². The molecule has 0 atom stereocenters. The number of anilines is 2. The summed E-state index contributed by atoms with van der Waals surface area (Å²) in [6.07, 6.45) is 0. The molecule has 8 nitrogen and oxygen atoms in total. The molecule has 0 unspecified atom stereocenters. The third kappa shape index (κ3) is 5.46. The van der Waals surface area contributed by atoms with Crippen LogP contribution in [0.15, 0.2) is 71.6 Å². The van der Waals surface area contributed by atoms with Crippen molar-refractivity contribution < 1.29 is 31.5 Å². The normalized spacial score (nSPS) is 13.8. The Morgan fingerprint density at radius 1 is 0.865 bits per heavy atom. The highest BCUT2D eigenvalue weighted by molar-refractivity contribution is 7.92. The van der Waals surface area contributed by atoms with Crippen LogP contribution in [0.2, 0.25) is 0 Å². The maximum absolute atomic E-state index is 14.8. The summed E-state index contributed by atoms with van der Waals surface area (Å²) < 4.78 is 67.5. The summed E-state index contributed by atoms with van der Waals surface area (Å²) in [4.78, 5) is 16.4. The summed E-state index contributed by atoms with van der Waals surface area (Å²) in [6, 6.07) is 15.7. The van der Waals surface area contributed by atoms with Crippen molar-refractivity contribution in [2.75, 3.05) is 56.1 Å². The number of carbonyl (C=O) groups is 1. The number of ether oxygens (including phenoxy) is 2. The van der Waals surface area contributed by atoms with Crippen molar-refractivity contribution in [3.63, 3.8) is 0 Å². The summed E-state index contributed by atoms with van der Waals surface area (Å²) in [5, 5.41) is 0. The fourth-order valence-corrected chi connectivity index (χ4v) is 5.62. The topological polar surface area (TPSA) is 79.4 Å². The van der Waals surface area contributed by atoms with Crippen LogP contribution >= 0.6 is 0 Å². The van der Waals surface area contributed by atoms with E-state index in [2.05, 4.69) is 0 Å². The molecule has 0 aliphatic carbocycles. The number of methoxy groups -OCH3 is 2. The molecule has 3 aromatic carbocycles. The number of amides is 1. The van der Waals surface area contributed by atoms with Gasteiger partial charge in [-0.3, -0.25) is 9.10 Å². The van der Waals surface area contributed by atoms with Crippen LogP contribution < -0.4 is 18.7 Å². The average Bonchev–Trinajstić information content (AvgIpc) is 2.92. The number of nitrogens with zero attached hydrogens (tertiary/aromatic N) is 3. The highest BCUT2D eigenvalue weighted by Crippen LogP contribution is 2.33. The number of halogens is 2. The van der Waals surface area contributed by atoms with E-state index < -0.39 is 28.3 Å². The summed E-state index contributed by atoms with van der Waals surface area (Å²) in [5.74, 6) is -1.14. The van der Waals surface area contributed by atoms with Crippen LogP contribution in [0.1, 0.15) is 0 Å². The molecule has 0 saturated carbocycles. The SMILES string of the molecule is COc1ccc(S(=O)(=O)N(CC(=O)N2CCN(c3ccccc3F)CC2)c2ccccc2F)cc1OC. The van der Waals surface area contributed by atoms with Crippen LogP contribution in [-0.4, -0.2) is 66.2 Å². The zero-order valence-corrected chi connectivity index (χ0v) is 21.2. The van der Waals surface area contributed by atoms with Gasteiger partial charge in [-0.15, -0.1) is 0 Å². The first-order chi connectivity index (χ1) is 17.8. The summed E-state index contributed by atoms with van der Waals surface area (Å²) >= 11 is 0. The Morgan fingerprint density at radius 2 is 1.49 bits per heavy atom. The van der Waals surface area contributed by atoms with Crippen molar-refractivity contribution in [3.05, 3.63) is 78.4 Å². The quantitative estimate of drug-likeness (QED) is 0.443. The van der Waals surface area contributed by atoms with Gasteiger partial charge in [0.15, 0.2) is 11.5 Å². The van der Waals surface area contributed by atoms with Gasteiger partial charge in [-0.25, -0.2) is 17.2 Å². The Bertz CT molecular complexity index is 1380. The average molecular weight is 532 g/mol. The molecule has 1 aliphatic heterocycles. The zero-order valence-electron chi connectivity index (χ0n) is 20.4. The minimum Gasteiger partial charge on any atom is -0.493 e. The first kappa shape index (κ1) is 26.2. The third-order valence-corrected chi connectivity index (χ3v) is 7.92. The highest BCUT2D eigenvalue weighted by atomic mass is 32.2. The summed E-state index contributed by atoms with van der Waals surface area (Å²) in [5.41, 5.74) is 0.189. The first-order valence-electron chi connectivity index (χ1n) is 11.5. The van der Waals surface area contributed by atoms with Gasteiger partial charge < -0.3 is 19.3 Å². The second-order valence-electron chi connectivity index (χ2n) is 8.30. The van der Waals surface area contributed by atoms with Crippen molar-refractivity contribution in [2.45, 2.75) is 4.90 Å². The molecule has 1 saturated heterocycles. The number of hydrogen-bond acceptors (Lipinski definition) is 6. The van der Waals surface area contributed by atoms with E-state index in [0.717, 1.165) is 10.4 Å². The van der Waals surface area contributed by atoms with E-state index >= 15 is 0 Å². The maximum atomic E-state index is 14.8. The van der Waals surface area contributed by atoms with Gasteiger partial charge in [0.1, 0.15) is 18.2 Å². The molecular weight excluding hydrogens is 504 g/mol. The number of rotatable bonds is 8. The molecule has 37 heavy (non-hydrogen) atoms. The van der Waals surface area contributed by atoms with Gasteiger partial charge >= 0.3 is 0 Å². The van der Waals surface area contributed by atoms with Crippen molar-refractivity contribution in [1.29, 1.82) is 0 Å². The lowest BCUT2D eigenvalue weighted by atomic mass is 10.2. The first-order valence-corrected chi connectivity index (χ1v) is 13.0. The molecule has 0 spiro atoms. The van der Waals surface area contributed by atoms with E-state index in [-0.39, 0.29) is 35.2 Å². The number of carbonyl (C=O) groups excluding carboxylic acids is 1. The van der Waals surface area contributed by atoms with Crippen LogP contribution in [0.4, 0.5) is 20.2 Å². The molecule has 1 amide bonds. The second kappa shape index (κ2) is 11.0. The van der Waals surface area contributed by atoms with E-state index in [1.165, 1.54) is 61.6 Å². The number of benzene rings is 3. The van der Waals surface area contributed by atoms with E-state index in [4.69, 9.17) is 9.47 Å². The molecule has 4 rings (SSSR count). The molecule has 0 radical (unpaired) electrons. The lowest BCUT2D eigenvalue weighted by molar-refractivity contribution is -0.129. The van der Waals surface area contributed by atoms with Gasteiger partial charge in [-0.2, -0.15) is 0 Å². The van der Waals surface area contributed by atoms with Crippen molar-refractivity contribution in [2.24, 2.45) is 0 Å². The lowest BCUT2D eigenvalue weighted by Crippen LogP contribution is -2.52. The largest absolute Gasteiger partial charge is 0.493 e. The number of para-hydroxylation sites is 2. The number of piperazine rings is 1. The summed E-state index contributed by atoms with van der Waals surface area (Å²) in [6.45, 7) is 0.643. The van der Waals surface area contributed by atoms with Gasteiger partial charge in [0.2, 0.25) is 5.91 Å². The van der Waals surface area contributed by atoms with Crippen LogP contribution in [0.25, 0.3) is 0 Å². The number of sulfonamides is 1. The Morgan fingerprint density at radius 3 is 2.11 bits per heavy atom. The lowest BCUT2D eigenvalue weighted by Gasteiger charge is -2.37. The minimum absolute atomic E-state index is 0.174. The Hall–Kier alpha value is -3.86. The molecule has 0 aromatic heterocycles. The molecule has 0 N–H and O–H groups in total. The number of hydrogen-bond donors (Lipinski definition) is 0. The molecule has 0 bridgehead atoms. The Balaban J connectivity index is 1.59. The molecule has 1 heterocycles. The van der Waals surface area contributed by atoms with Crippen LogP contribution in [0, 0.1) is 11.6 Å². The molecule has 1 fully saturated rings. The predicted octanol–water partition coefficient (Wildman–Crippen LogP) is 3.53. The molecule has 1 aliphatic rings. The van der Waals surface area contributed by atoms with Crippen LogP contribution in [-0.2, 0) is 14.8 Å². The molecule has 196 valence electrons. The monoisotopic (exact) mass is 531 g/mol. The van der Waals surface area contributed by atoms with Crippen molar-refractivity contribution in [3.8, 4) is 11.5 Å². The fraction of sp³-hybridized carbons (Fsp3) is 0.269. The van der Waals surface area contributed by atoms with Crippen LogP contribution in [0.5, 0.6) is 11.5 Å². The van der Waals surface area contributed by atoms with E-state index in [9.17, 15) is 22.0 Å². The standard InChI is InChI=1S/C26H27F2N3O5S/c1-35-24-12-11-19(17-25(24)36-2)37(33,34)31(23-10-6-4-8-21(23)28)18-26(32)30-15-13-29(14-16-30)22-9-5-3-7-20(22)27/h3-12,17H,13-16,18H2,1-2H3. The maximum Gasteiger partial charge on any atom is 0.265 e. The van der Waals surface area contributed by atoms with Gasteiger partial charge in [-0.1, -0.05) is 24.3 Å².